The van der Waals surface area contributed by atoms with Crippen LogP contribution in [0.1, 0.15) is 56.9 Å². The first-order chi connectivity index (χ1) is 13.1. The molecule has 27 heavy (non-hydrogen) atoms. The number of carbonyl (C=O) groups is 1. The van der Waals surface area contributed by atoms with Gasteiger partial charge in [-0.15, -0.1) is 0 Å². The molecule has 2 saturated heterocycles. The molecule has 0 unspecified atom stereocenters. The quantitative estimate of drug-likeness (QED) is 0.866. The maximum absolute atomic E-state index is 13.5. The lowest BCUT2D eigenvalue weighted by Crippen LogP contribution is -2.58. The van der Waals surface area contributed by atoms with Crippen molar-refractivity contribution in [2.24, 2.45) is 0 Å². The monoisotopic (exact) mass is 369 g/mol. The Morgan fingerprint density at radius 2 is 1.56 bits per heavy atom. The Kier molecular flexibility index (Phi) is 5.56. The Balaban J connectivity index is 1.51. The zero-order valence-electron chi connectivity index (χ0n) is 16.9. The lowest BCUT2D eigenvalue weighted by atomic mass is 9.72. The van der Waals surface area contributed by atoms with Gasteiger partial charge in [0.15, 0.2) is 0 Å². The van der Waals surface area contributed by atoms with Crippen LogP contribution in [0.25, 0.3) is 0 Å². The average molecular weight is 370 g/mol. The van der Waals surface area contributed by atoms with Gasteiger partial charge in [0.1, 0.15) is 5.54 Å². The molecule has 1 aromatic carbocycles. The first-order valence-electron chi connectivity index (χ1n) is 10.9. The van der Waals surface area contributed by atoms with Crippen molar-refractivity contribution in [2.75, 3.05) is 39.8 Å². The fraction of sp³-hybridized carbons (Fsp3) is 0.696. The largest absolute Gasteiger partial charge is 0.354 e. The third kappa shape index (κ3) is 3.66. The molecule has 4 heteroatoms. The van der Waals surface area contributed by atoms with Crippen molar-refractivity contribution >= 4 is 5.91 Å². The smallest absolute Gasteiger partial charge is 0.240 e. The van der Waals surface area contributed by atoms with E-state index in [2.05, 4.69) is 52.5 Å². The number of nitrogens with zero attached hydrogens (tertiary/aromatic N) is 2. The number of nitrogens with one attached hydrogen (secondary N) is 1. The second kappa shape index (κ2) is 7.92. The number of benzene rings is 1. The highest BCUT2D eigenvalue weighted by molar-refractivity contribution is 5.86. The van der Waals surface area contributed by atoms with Gasteiger partial charge in [0.05, 0.1) is 0 Å². The van der Waals surface area contributed by atoms with Crippen LogP contribution in [0.3, 0.4) is 0 Å². The summed E-state index contributed by atoms with van der Waals surface area (Å²) < 4.78 is 0. The number of hydrogen-bond acceptors (Lipinski definition) is 3. The molecule has 4 nitrogen and oxygen atoms in total. The SMILES string of the molecule is CN1CCC(CNC(=O)C2(N3CCCC3)CCCC2)(c2ccccc2)CC1. The van der Waals surface area contributed by atoms with E-state index in [0.717, 1.165) is 58.4 Å². The summed E-state index contributed by atoms with van der Waals surface area (Å²) in [7, 11) is 2.20. The number of hydrogen-bond donors (Lipinski definition) is 1. The summed E-state index contributed by atoms with van der Waals surface area (Å²) in [4.78, 5) is 18.4. The van der Waals surface area contributed by atoms with Crippen LogP contribution >= 0.6 is 0 Å². The van der Waals surface area contributed by atoms with Crippen LogP contribution in [0, 0.1) is 0 Å². The molecular weight excluding hydrogens is 334 g/mol. The number of likely N-dealkylation sites (tertiary alicyclic amines) is 2. The van der Waals surface area contributed by atoms with Crippen LogP contribution in [-0.2, 0) is 10.2 Å². The van der Waals surface area contributed by atoms with E-state index in [1.54, 1.807) is 0 Å². The number of carbonyl (C=O) groups excluding carboxylic acids is 1. The van der Waals surface area contributed by atoms with Crippen LogP contribution in [-0.4, -0.2) is 61.0 Å². The first-order valence-corrected chi connectivity index (χ1v) is 10.9. The molecule has 0 bridgehead atoms. The van der Waals surface area contributed by atoms with E-state index in [0.29, 0.717) is 5.91 Å². The van der Waals surface area contributed by atoms with Gasteiger partial charge in [0, 0.05) is 12.0 Å². The van der Waals surface area contributed by atoms with Crippen molar-refractivity contribution in [1.29, 1.82) is 0 Å². The van der Waals surface area contributed by atoms with Gasteiger partial charge in [0.25, 0.3) is 0 Å². The maximum atomic E-state index is 13.5. The van der Waals surface area contributed by atoms with Gasteiger partial charge in [-0.3, -0.25) is 9.69 Å². The second-order valence-electron chi connectivity index (χ2n) is 9.07. The molecule has 1 amide bonds. The van der Waals surface area contributed by atoms with E-state index < -0.39 is 0 Å². The summed E-state index contributed by atoms with van der Waals surface area (Å²) >= 11 is 0. The third-order valence-electron chi connectivity index (χ3n) is 7.48. The average Bonchev–Trinajstić information content (AvgIpc) is 3.41. The van der Waals surface area contributed by atoms with Crippen LogP contribution < -0.4 is 5.32 Å². The topological polar surface area (TPSA) is 35.6 Å². The van der Waals surface area contributed by atoms with E-state index in [9.17, 15) is 4.79 Å². The molecule has 1 aliphatic carbocycles. The summed E-state index contributed by atoms with van der Waals surface area (Å²) in [5, 5.41) is 3.47. The zero-order valence-corrected chi connectivity index (χ0v) is 16.9. The minimum atomic E-state index is -0.222. The van der Waals surface area contributed by atoms with Gasteiger partial charge in [-0.1, -0.05) is 43.2 Å². The highest BCUT2D eigenvalue weighted by Gasteiger charge is 2.47. The molecule has 0 atom stereocenters. The maximum Gasteiger partial charge on any atom is 0.240 e. The highest BCUT2D eigenvalue weighted by atomic mass is 16.2. The molecular formula is C23H35N3O. The van der Waals surface area contributed by atoms with Crippen molar-refractivity contribution in [3.63, 3.8) is 0 Å². The fourth-order valence-electron chi connectivity index (χ4n) is 5.61. The van der Waals surface area contributed by atoms with Crippen molar-refractivity contribution < 1.29 is 4.79 Å². The van der Waals surface area contributed by atoms with E-state index >= 15 is 0 Å². The summed E-state index contributed by atoms with van der Waals surface area (Å²) in [5.41, 5.74) is 1.24. The third-order valence-corrected chi connectivity index (χ3v) is 7.48. The molecule has 0 aromatic heterocycles. The van der Waals surface area contributed by atoms with E-state index in [1.807, 2.05) is 0 Å². The van der Waals surface area contributed by atoms with Gasteiger partial charge in [-0.2, -0.15) is 0 Å². The van der Waals surface area contributed by atoms with Crippen molar-refractivity contribution in [3.8, 4) is 0 Å². The van der Waals surface area contributed by atoms with Gasteiger partial charge in [-0.25, -0.2) is 0 Å². The Bertz CT molecular complexity index is 624. The molecule has 148 valence electrons. The second-order valence-corrected chi connectivity index (χ2v) is 9.07. The van der Waals surface area contributed by atoms with Gasteiger partial charge in [0.2, 0.25) is 5.91 Å². The minimum Gasteiger partial charge on any atom is -0.354 e. The lowest BCUT2D eigenvalue weighted by molar-refractivity contribution is -0.133. The fourth-order valence-corrected chi connectivity index (χ4v) is 5.61. The molecule has 3 fully saturated rings. The van der Waals surface area contributed by atoms with Crippen molar-refractivity contribution in [2.45, 2.75) is 62.3 Å². The van der Waals surface area contributed by atoms with Crippen LogP contribution in [0.5, 0.6) is 0 Å². The van der Waals surface area contributed by atoms with E-state index in [4.69, 9.17) is 0 Å². The first kappa shape index (κ1) is 18.9. The summed E-state index contributed by atoms with van der Waals surface area (Å²) in [5.74, 6) is 0.302. The molecule has 0 spiro atoms. The van der Waals surface area contributed by atoms with Gasteiger partial charge >= 0.3 is 0 Å². The lowest BCUT2D eigenvalue weighted by Gasteiger charge is -2.43. The Morgan fingerprint density at radius 1 is 0.926 bits per heavy atom. The highest BCUT2D eigenvalue weighted by Crippen LogP contribution is 2.39. The van der Waals surface area contributed by atoms with Crippen LogP contribution in [0.15, 0.2) is 30.3 Å². The standard InChI is InChI=1S/C23H35N3O/c1-25-17-13-22(14-18-25,20-9-3-2-4-10-20)19-24-21(27)23(11-5-6-12-23)26-15-7-8-16-26/h2-4,9-10H,5-8,11-19H2,1H3,(H,24,27). The molecule has 1 N–H and O–H groups in total. The molecule has 1 saturated carbocycles. The van der Waals surface area contributed by atoms with E-state index in [-0.39, 0.29) is 11.0 Å². The predicted octanol–water partition coefficient (Wildman–Crippen LogP) is 3.17. The van der Waals surface area contributed by atoms with Crippen LogP contribution in [0.2, 0.25) is 0 Å². The van der Waals surface area contributed by atoms with E-state index in [1.165, 1.54) is 31.2 Å². The number of piperidine rings is 1. The Labute approximate surface area is 164 Å². The molecule has 2 heterocycles. The molecule has 1 aromatic rings. The van der Waals surface area contributed by atoms with Crippen molar-refractivity contribution in [3.05, 3.63) is 35.9 Å². The zero-order chi connectivity index (χ0) is 18.7. The van der Waals surface area contributed by atoms with Crippen molar-refractivity contribution in [1.82, 2.24) is 15.1 Å². The van der Waals surface area contributed by atoms with Gasteiger partial charge < -0.3 is 10.2 Å². The number of amides is 1. The minimum absolute atomic E-state index is 0.0776. The Morgan fingerprint density at radius 3 is 2.19 bits per heavy atom. The molecule has 0 radical (unpaired) electrons. The number of rotatable bonds is 5. The normalized spacial score (nSPS) is 25.5. The van der Waals surface area contributed by atoms with Gasteiger partial charge in [-0.05, 0) is 77.3 Å². The molecule has 4 rings (SSSR count). The summed E-state index contributed by atoms with van der Waals surface area (Å²) in [6, 6.07) is 10.9. The summed E-state index contributed by atoms with van der Waals surface area (Å²) in [6.07, 6.45) is 9.19. The van der Waals surface area contributed by atoms with Crippen LogP contribution in [0.4, 0.5) is 0 Å². The Hall–Kier alpha value is -1.39. The molecule has 2 aliphatic heterocycles. The molecule has 3 aliphatic rings. The summed E-state index contributed by atoms with van der Waals surface area (Å²) in [6.45, 7) is 5.17. The predicted molar refractivity (Wildman–Crippen MR) is 110 cm³/mol.